The second-order valence-corrected chi connectivity index (χ2v) is 5.24. The Bertz CT molecular complexity index is 1010. The molecule has 0 unspecified atom stereocenters. The monoisotopic (exact) mass is 305 g/mol. The highest BCUT2D eigenvalue weighted by Gasteiger charge is 2.17. The molecule has 0 saturated carbocycles. The fourth-order valence-corrected chi connectivity index (χ4v) is 2.74. The summed E-state index contributed by atoms with van der Waals surface area (Å²) in [5, 5.41) is 10.8. The topological polar surface area (TPSA) is 81.0 Å². The maximum Gasteiger partial charge on any atom is 0.259 e. The summed E-state index contributed by atoms with van der Waals surface area (Å²) in [6.07, 6.45) is 0. The van der Waals surface area contributed by atoms with Crippen LogP contribution in [-0.2, 0) is 7.05 Å². The zero-order chi connectivity index (χ0) is 16.6. The average Bonchev–Trinajstić information content (AvgIpc) is 2.57. The van der Waals surface area contributed by atoms with Crippen molar-refractivity contribution in [2.75, 3.05) is 12.8 Å². The molecule has 0 bridgehead atoms. The van der Waals surface area contributed by atoms with Crippen LogP contribution in [0.4, 0.5) is 5.69 Å². The van der Waals surface area contributed by atoms with Crippen molar-refractivity contribution >= 4 is 16.5 Å². The Morgan fingerprint density at radius 2 is 1.96 bits per heavy atom. The Labute approximate surface area is 133 Å². The van der Waals surface area contributed by atoms with Crippen LogP contribution in [0.15, 0.2) is 47.3 Å². The largest absolute Gasteiger partial charge is 0.497 e. The van der Waals surface area contributed by atoms with Crippen LogP contribution in [0.1, 0.15) is 5.69 Å². The van der Waals surface area contributed by atoms with Crippen molar-refractivity contribution in [3.8, 4) is 22.9 Å². The molecule has 3 rings (SSSR count). The van der Waals surface area contributed by atoms with Gasteiger partial charge >= 0.3 is 0 Å². The molecule has 0 aliphatic rings. The third-order valence-electron chi connectivity index (χ3n) is 3.88. The van der Waals surface area contributed by atoms with E-state index in [1.807, 2.05) is 12.1 Å². The number of benzene rings is 2. The smallest absolute Gasteiger partial charge is 0.259 e. The SMILES string of the molecule is COc1ccc2c(=O)n(C)c(C#N)c(-c3cccc(N)c3)c2c1. The number of aromatic nitrogens is 1. The van der Waals surface area contributed by atoms with Crippen molar-refractivity contribution in [1.82, 2.24) is 4.57 Å². The summed E-state index contributed by atoms with van der Waals surface area (Å²) < 4.78 is 6.63. The van der Waals surface area contributed by atoms with Gasteiger partial charge in [-0.25, -0.2) is 0 Å². The molecule has 0 atom stereocenters. The number of nitriles is 1. The van der Waals surface area contributed by atoms with Crippen LogP contribution >= 0.6 is 0 Å². The van der Waals surface area contributed by atoms with Crippen molar-refractivity contribution < 1.29 is 4.74 Å². The Kier molecular flexibility index (Phi) is 3.51. The lowest BCUT2D eigenvalue weighted by molar-refractivity contribution is 0.415. The van der Waals surface area contributed by atoms with E-state index in [2.05, 4.69) is 6.07 Å². The van der Waals surface area contributed by atoms with Crippen molar-refractivity contribution in [3.05, 3.63) is 58.5 Å². The molecule has 0 saturated heterocycles. The molecular formula is C18H15N3O2. The standard InChI is InChI=1S/C18H15N3O2/c1-21-16(10-19)17(11-4-3-5-12(20)8-11)15-9-13(23-2)6-7-14(15)18(21)22/h3-9H,20H2,1-2H3. The van der Waals surface area contributed by atoms with Gasteiger partial charge in [-0.2, -0.15) is 5.26 Å². The summed E-state index contributed by atoms with van der Waals surface area (Å²) >= 11 is 0. The van der Waals surface area contributed by atoms with E-state index in [9.17, 15) is 10.1 Å². The van der Waals surface area contributed by atoms with E-state index in [-0.39, 0.29) is 5.56 Å². The second kappa shape index (κ2) is 5.50. The number of hydrogen-bond donors (Lipinski definition) is 1. The van der Waals surface area contributed by atoms with E-state index in [0.717, 1.165) is 5.56 Å². The van der Waals surface area contributed by atoms with Crippen molar-refractivity contribution in [1.29, 1.82) is 5.26 Å². The number of nitrogens with two attached hydrogens (primary N) is 1. The Hall–Kier alpha value is -3.26. The molecule has 5 nitrogen and oxygen atoms in total. The first-order chi connectivity index (χ1) is 11.1. The third-order valence-corrected chi connectivity index (χ3v) is 3.88. The van der Waals surface area contributed by atoms with E-state index in [1.54, 1.807) is 44.5 Å². The van der Waals surface area contributed by atoms with Gasteiger partial charge in [0.15, 0.2) is 0 Å². The molecule has 2 N–H and O–H groups in total. The van der Waals surface area contributed by atoms with Gasteiger partial charge in [-0.1, -0.05) is 12.1 Å². The summed E-state index contributed by atoms with van der Waals surface area (Å²) in [4.78, 5) is 12.5. The highest BCUT2D eigenvalue weighted by molar-refractivity contribution is 5.99. The highest BCUT2D eigenvalue weighted by atomic mass is 16.5. The minimum Gasteiger partial charge on any atom is -0.497 e. The van der Waals surface area contributed by atoms with Crippen LogP contribution in [-0.4, -0.2) is 11.7 Å². The van der Waals surface area contributed by atoms with Crippen LogP contribution in [0, 0.1) is 11.3 Å². The minimum atomic E-state index is -0.216. The van der Waals surface area contributed by atoms with E-state index >= 15 is 0 Å². The van der Waals surface area contributed by atoms with Crippen LogP contribution in [0.2, 0.25) is 0 Å². The molecule has 5 heteroatoms. The fraction of sp³-hybridized carbons (Fsp3) is 0.111. The molecule has 0 amide bonds. The number of hydrogen-bond acceptors (Lipinski definition) is 4. The van der Waals surface area contributed by atoms with Crippen LogP contribution < -0.4 is 16.0 Å². The van der Waals surface area contributed by atoms with Crippen molar-refractivity contribution in [2.45, 2.75) is 0 Å². The molecule has 3 aromatic rings. The molecule has 23 heavy (non-hydrogen) atoms. The molecule has 0 fully saturated rings. The van der Waals surface area contributed by atoms with Crippen LogP contribution in [0.25, 0.3) is 21.9 Å². The third kappa shape index (κ3) is 2.30. The van der Waals surface area contributed by atoms with Gasteiger partial charge in [0.1, 0.15) is 17.5 Å². The summed E-state index contributed by atoms with van der Waals surface area (Å²) in [6.45, 7) is 0. The van der Waals surface area contributed by atoms with Crippen molar-refractivity contribution in [3.63, 3.8) is 0 Å². The van der Waals surface area contributed by atoms with E-state index < -0.39 is 0 Å². The lowest BCUT2D eigenvalue weighted by Crippen LogP contribution is -2.20. The fourth-order valence-electron chi connectivity index (χ4n) is 2.74. The zero-order valence-electron chi connectivity index (χ0n) is 12.8. The van der Waals surface area contributed by atoms with Gasteiger partial charge in [-0.3, -0.25) is 4.79 Å². The predicted molar refractivity (Wildman–Crippen MR) is 90.3 cm³/mol. The number of anilines is 1. The number of rotatable bonds is 2. The van der Waals surface area contributed by atoms with Crippen LogP contribution in [0.5, 0.6) is 5.75 Å². The predicted octanol–water partition coefficient (Wildman–Crippen LogP) is 2.67. The Balaban J connectivity index is 2.54. The molecule has 114 valence electrons. The molecule has 2 aromatic carbocycles. The molecule has 0 radical (unpaired) electrons. The number of methoxy groups -OCH3 is 1. The normalized spacial score (nSPS) is 10.5. The number of pyridine rings is 1. The highest BCUT2D eigenvalue weighted by Crippen LogP contribution is 2.33. The summed E-state index contributed by atoms with van der Waals surface area (Å²) in [5.74, 6) is 0.625. The van der Waals surface area contributed by atoms with E-state index in [1.165, 1.54) is 4.57 Å². The maximum atomic E-state index is 12.5. The minimum absolute atomic E-state index is 0.216. The van der Waals surface area contributed by atoms with Gasteiger partial charge in [0.05, 0.1) is 7.11 Å². The maximum absolute atomic E-state index is 12.5. The van der Waals surface area contributed by atoms with E-state index in [4.69, 9.17) is 10.5 Å². The first-order valence-electron chi connectivity index (χ1n) is 7.03. The van der Waals surface area contributed by atoms with Gasteiger partial charge < -0.3 is 15.0 Å². The molecule has 1 aromatic heterocycles. The number of nitrogens with zero attached hydrogens (tertiary/aromatic N) is 2. The first-order valence-corrected chi connectivity index (χ1v) is 7.03. The summed E-state index contributed by atoms with van der Waals surface area (Å²) in [7, 11) is 3.16. The lowest BCUT2D eigenvalue weighted by atomic mass is 9.96. The molecular weight excluding hydrogens is 290 g/mol. The van der Waals surface area contributed by atoms with Crippen molar-refractivity contribution in [2.24, 2.45) is 7.05 Å². The first kappa shape index (κ1) is 14.7. The Morgan fingerprint density at radius 1 is 1.17 bits per heavy atom. The molecule has 0 spiro atoms. The number of nitrogen functional groups attached to an aromatic ring is 1. The van der Waals surface area contributed by atoms with E-state index in [0.29, 0.717) is 33.5 Å². The zero-order valence-corrected chi connectivity index (χ0v) is 12.8. The van der Waals surface area contributed by atoms with Gasteiger partial charge in [0.25, 0.3) is 5.56 Å². The average molecular weight is 305 g/mol. The second-order valence-electron chi connectivity index (χ2n) is 5.24. The van der Waals surface area contributed by atoms with Crippen LogP contribution in [0.3, 0.4) is 0 Å². The quantitative estimate of drug-likeness (QED) is 0.738. The summed E-state index contributed by atoms with van der Waals surface area (Å²) in [5.41, 5.74) is 8.01. The molecule has 0 aliphatic carbocycles. The lowest BCUT2D eigenvalue weighted by Gasteiger charge is -2.14. The van der Waals surface area contributed by atoms with Gasteiger partial charge in [0.2, 0.25) is 0 Å². The van der Waals surface area contributed by atoms with Gasteiger partial charge in [0, 0.05) is 29.1 Å². The number of fused-ring (bicyclic) bond motifs is 1. The number of ether oxygens (including phenoxy) is 1. The van der Waals surface area contributed by atoms with Gasteiger partial charge in [-0.15, -0.1) is 0 Å². The summed E-state index contributed by atoms with van der Waals surface area (Å²) in [6, 6.07) is 14.6. The van der Waals surface area contributed by atoms with Gasteiger partial charge in [-0.05, 0) is 35.9 Å². The Morgan fingerprint density at radius 3 is 2.61 bits per heavy atom. The molecule has 1 heterocycles. The molecule has 0 aliphatic heterocycles.